The molecule has 2 aliphatic heterocycles. The fraction of sp³-hybridized carbons (Fsp3) is 0.611. The summed E-state index contributed by atoms with van der Waals surface area (Å²) in [6, 6.07) is -10.1. The van der Waals surface area contributed by atoms with Gasteiger partial charge in [-0.3, -0.25) is 62.3 Å². The van der Waals surface area contributed by atoms with Crippen LogP contribution in [0.1, 0.15) is 114 Å². The van der Waals surface area contributed by atoms with Crippen molar-refractivity contribution >= 4 is 98.4 Å². The van der Waals surface area contributed by atoms with Gasteiger partial charge in [-0.2, -0.15) is 0 Å². The highest BCUT2D eigenvalue weighted by Crippen LogP contribution is 2.25. The third kappa shape index (κ3) is 23.4. The quantitative estimate of drug-likeness (QED) is 0.0250. The molecule has 0 spiro atoms. The molecule has 2 saturated heterocycles. The molecule has 0 saturated carbocycles. The van der Waals surface area contributed by atoms with Crippen molar-refractivity contribution in [1.29, 1.82) is 0 Å². The van der Waals surface area contributed by atoms with Gasteiger partial charge in [0.05, 0.1) is 24.0 Å². The molecule has 468 valence electrons. The van der Waals surface area contributed by atoms with Gasteiger partial charge < -0.3 is 80.0 Å². The topological polar surface area (TPSA) is 430 Å². The Labute approximate surface area is 497 Å². The van der Waals surface area contributed by atoms with Gasteiger partial charge in [0.15, 0.2) is 0 Å². The first-order chi connectivity index (χ1) is 39.5. The summed E-state index contributed by atoms with van der Waals surface area (Å²) < 4.78 is 0. The summed E-state index contributed by atoms with van der Waals surface area (Å²) in [6.07, 6.45) is 5.01. The number of hydrogen-bond acceptors (Lipinski definition) is 17. The van der Waals surface area contributed by atoms with Crippen LogP contribution in [0.2, 0.25) is 0 Å². The predicted molar refractivity (Wildman–Crippen MR) is 315 cm³/mol. The van der Waals surface area contributed by atoms with Crippen LogP contribution in [0.3, 0.4) is 0 Å². The molecule has 2 aliphatic rings. The van der Waals surface area contributed by atoms with Crippen LogP contribution in [0, 0.1) is 17.8 Å². The number of aliphatic carboxylic acids is 1. The second-order valence-electron chi connectivity index (χ2n) is 20.7. The Bertz CT molecular complexity index is 2530. The van der Waals surface area contributed by atoms with E-state index in [1.54, 1.807) is 34.6 Å². The van der Waals surface area contributed by atoms with Gasteiger partial charge in [0.1, 0.15) is 53.7 Å². The lowest BCUT2D eigenvalue weighted by atomic mass is 9.98. The van der Waals surface area contributed by atoms with E-state index in [2.05, 4.69) is 71.6 Å². The molecule has 2 rings (SSSR count). The number of amides is 12. The number of nitrogens with zero attached hydrogens (tertiary/aromatic N) is 1. The summed E-state index contributed by atoms with van der Waals surface area (Å²) in [4.78, 5) is 176. The number of carbonyl (C=O) groups is 13. The third-order valence-corrected chi connectivity index (χ3v) is 16.1. The molecule has 28 nitrogen and oxygen atoms in total. The molecule has 0 aromatic carbocycles. The van der Waals surface area contributed by atoms with Crippen LogP contribution < -0.4 is 70.0 Å². The molecular formula is C54H86N14O14S2. The summed E-state index contributed by atoms with van der Waals surface area (Å²) in [5.41, 5.74) is 10.2. The van der Waals surface area contributed by atoms with Crippen molar-refractivity contribution in [3.05, 3.63) is 48.1 Å². The molecule has 0 aromatic heterocycles. The molecule has 0 unspecified atom stereocenters. The first-order valence-electron chi connectivity index (χ1n) is 27.8. The van der Waals surface area contributed by atoms with E-state index in [0.29, 0.717) is 32.1 Å². The number of nitrogens with one attached hydrogen (secondary N) is 11. The van der Waals surface area contributed by atoms with E-state index in [9.17, 15) is 67.4 Å². The van der Waals surface area contributed by atoms with Crippen LogP contribution in [0.25, 0.3) is 0 Å². The van der Waals surface area contributed by atoms with Crippen molar-refractivity contribution in [2.24, 2.45) is 29.2 Å². The number of carboxylic acids is 1. The average Bonchev–Trinajstić information content (AvgIpc) is 4.09. The molecular weight excluding hydrogens is 1130 g/mol. The molecule has 0 bridgehead atoms. The standard InChI is InChI=1S/C54H86N14O14S2/c1-12-28(7)41(56)51(78)62-33(14-3)45(72)58-31(10)44(71)67-42(29(8)13-2)52(79)59-30(9)43(70)65-36(23-27(5)6)47(74)66-38-26-84-83-25-37(48(75)64-35(19-16-17-21-55)46(73)60-32(11)54(81)82)61-40(69)24-57-50(77)39-20-18-22-68(39)53(80)34(15-4)63-49(38)76/h14-15,27-29,32,35-39,41-42H,9-10,12-13,16-26,55-56H2,1-8,11H3,(H,57,77)(H,58,72)(H,59,79)(H,60,73)(H,61,69)(H,62,78)(H,63,76)(H,64,75)(H,65,70)(H,66,74)(H,67,71)(H,81,82)/b33-14-,34-15-/t28-,29-,32-,35-,36-,37-,38-,39-,41-,42-/m0/s1. The van der Waals surface area contributed by atoms with Crippen LogP contribution in [-0.4, -0.2) is 166 Å². The molecule has 2 heterocycles. The monoisotopic (exact) mass is 1220 g/mol. The molecule has 0 radical (unpaired) electrons. The lowest BCUT2D eigenvalue weighted by Gasteiger charge is -2.27. The maximum Gasteiger partial charge on any atom is 0.325 e. The minimum Gasteiger partial charge on any atom is -0.480 e. The minimum absolute atomic E-state index is 0.0222. The summed E-state index contributed by atoms with van der Waals surface area (Å²) >= 11 is 0. The first-order valence-corrected chi connectivity index (χ1v) is 30.3. The SMILES string of the molecule is C=C(NC(=O)[C@@H](NC(=O)C(=C)NC(=O)/C(=C/C)NC(=O)[C@@H](N)[C@@H](C)CC)[C@@H](C)CC)C(=O)N[C@@H](CC(C)C)C(=O)N[C@H]1CSSC[C@@H](C(=O)N[C@@H](CCCCN)C(=O)N[C@@H](C)C(=O)O)NC(=O)CNC(=O)[C@@H]2CCCN2C(=O)/C(=C/C)NC1=O. The van der Waals surface area contributed by atoms with Crippen molar-refractivity contribution in [3.8, 4) is 0 Å². The number of nitrogens with two attached hydrogens (primary N) is 2. The number of hydrogen-bond donors (Lipinski definition) is 14. The maximum atomic E-state index is 14.3. The fourth-order valence-corrected chi connectivity index (χ4v) is 10.5. The highest BCUT2D eigenvalue weighted by molar-refractivity contribution is 8.76. The van der Waals surface area contributed by atoms with E-state index in [-0.39, 0.29) is 67.1 Å². The van der Waals surface area contributed by atoms with Gasteiger partial charge in [-0.05, 0) is 83.6 Å². The predicted octanol–water partition coefficient (Wildman–Crippen LogP) is -1.60. The van der Waals surface area contributed by atoms with E-state index in [0.717, 1.165) is 21.6 Å². The molecule has 10 atom stereocenters. The Hall–Kier alpha value is -7.31. The number of carboxylic acid groups (broad SMARTS) is 1. The smallest absolute Gasteiger partial charge is 0.325 e. The van der Waals surface area contributed by atoms with Crippen molar-refractivity contribution in [3.63, 3.8) is 0 Å². The molecule has 2 fully saturated rings. The molecule has 0 aliphatic carbocycles. The maximum absolute atomic E-state index is 14.3. The van der Waals surface area contributed by atoms with Gasteiger partial charge in [-0.15, -0.1) is 0 Å². The Morgan fingerprint density at radius 2 is 1.39 bits per heavy atom. The van der Waals surface area contributed by atoms with Crippen molar-refractivity contribution < 1.29 is 67.4 Å². The minimum atomic E-state index is -1.48. The average molecular weight is 1220 g/mol. The number of allylic oxidation sites excluding steroid dienone is 2. The number of fused-ring (bicyclic) bond motifs is 1. The second-order valence-corrected chi connectivity index (χ2v) is 23.3. The first kappa shape index (κ1) is 72.8. The zero-order chi connectivity index (χ0) is 63.5. The fourth-order valence-electron chi connectivity index (χ4n) is 8.13. The van der Waals surface area contributed by atoms with Crippen molar-refractivity contribution in [2.45, 2.75) is 162 Å². The van der Waals surface area contributed by atoms with Gasteiger partial charge >= 0.3 is 5.97 Å². The molecule has 30 heteroatoms. The highest BCUT2D eigenvalue weighted by atomic mass is 33.1. The van der Waals surface area contributed by atoms with Gasteiger partial charge in [0.2, 0.25) is 47.3 Å². The third-order valence-electron chi connectivity index (χ3n) is 13.7. The van der Waals surface area contributed by atoms with Crippen LogP contribution >= 0.6 is 21.6 Å². The van der Waals surface area contributed by atoms with E-state index >= 15 is 0 Å². The Morgan fingerprint density at radius 1 is 0.762 bits per heavy atom. The number of carbonyl (C=O) groups excluding carboxylic acids is 12. The van der Waals surface area contributed by atoms with Crippen LogP contribution in [0.4, 0.5) is 0 Å². The Kier molecular flexibility index (Phi) is 31.6. The second kappa shape index (κ2) is 36.4. The molecule has 0 aromatic rings. The van der Waals surface area contributed by atoms with Crippen molar-refractivity contribution in [1.82, 2.24) is 63.4 Å². The summed E-state index contributed by atoms with van der Waals surface area (Å²) in [5.74, 6) is -12.9. The van der Waals surface area contributed by atoms with Crippen LogP contribution in [-0.2, 0) is 62.3 Å². The van der Waals surface area contributed by atoms with E-state index in [1.807, 2.05) is 6.92 Å². The van der Waals surface area contributed by atoms with E-state index in [1.165, 1.54) is 37.8 Å². The summed E-state index contributed by atoms with van der Waals surface area (Å²) in [5, 5.41) is 36.7. The van der Waals surface area contributed by atoms with Crippen LogP contribution in [0.5, 0.6) is 0 Å². The Balaban J connectivity index is 2.42. The zero-order valence-electron chi connectivity index (χ0n) is 49.3. The van der Waals surface area contributed by atoms with Gasteiger partial charge in [0.25, 0.3) is 23.6 Å². The molecule has 16 N–H and O–H groups in total. The van der Waals surface area contributed by atoms with Gasteiger partial charge in [0, 0.05) is 18.1 Å². The Morgan fingerprint density at radius 3 is 1.99 bits per heavy atom. The van der Waals surface area contributed by atoms with Gasteiger partial charge in [-0.25, -0.2) is 0 Å². The lowest BCUT2D eigenvalue weighted by Crippen LogP contribution is -2.57. The summed E-state index contributed by atoms with van der Waals surface area (Å²) in [7, 11) is 1.92. The molecule has 84 heavy (non-hydrogen) atoms. The molecule has 12 amide bonds. The van der Waals surface area contributed by atoms with E-state index in [4.69, 9.17) is 11.5 Å². The van der Waals surface area contributed by atoms with E-state index < -0.39 is 149 Å². The number of unbranched alkanes of at least 4 members (excludes halogenated alkanes) is 1. The van der Waals surface area contributed by atoms with Crippen LogP contribution in [0.15, 0.2) is 48.1 Å². The van der Waals surface area contributed by atoms with Crippen molar-refractivity contribution in [2.75, 3.05) is 31.1 Å². The number of rotatable bonds is 27. The summed E-state index contributed by atoms with van der Waals surface area (Å²) in [6.45, 7) is 21.7. The van der Waals surface area contributed by atoms with Gasteiger partial charge in [-0.1, -0.05) is 101 Å². The highest BCUT2D eigenvalue weighted by Gasteiger charge is 2.38. The normalized spacial score (nSPS) is 20.2. The largest absolute Gasteiger partial charge is 0.480 e. The zero-order valence-corrected chi connectivity index (χ0v) is 50.9. The lowest BCUT2D eigenvalue weighted by molar-refractivity contribution is -0.141.